The van der Waals surface area contributed by atoms with Crippen molar-refractivity contribution in [3.05, 3.63) is 23.9 Å². The summed E-state index contributed by atoms with van der Waals surface area (Å²) in [7, 11) is 1.57. The van der Waals surface area contributed by atoms with Crippen molar-refractivity contribution >= 4 is 25.1 Å². The minimum Gasteiger partial charge on any atom is -0.399 e. The lowest BCUT2D eigenvalue weighted by molar-refractivity contribution is 0.00578. The molecule has 108 valence electrons. The average Bonchev–Trinajstić information content (AvgIpc) is 2.79. The van der Waals surface area contributed by atoms with Gasteiger partial charge in [0.05, 0.1) is 11.2 Å². The maximum atomic E-state index is 6.12. The van der Waals surface area contributed by atoms with E-state index in [-0.39, 0.29) is 18.3 Å². The summed E-state index contributed by atoms with van der Waals surface area (Å²) in [5, 5.41) is 0. The maximum absolute atomic E-state index is 6.12. The smallest absolute Gasteiger partial charge is 0.399 e. The van der Waals surface area contributed by atoms with Crippen molar-refractivity contribution in [3.63, 3.8) is 0 Å². The first-order chi connectivity index (χ1) is 9.23. The summed E-state index contributed by atoms with van der Waals surface area (Å²) in [5.74, 6) is 0.827. The standard InChI is InChI=1S/C15H23BN2O2/c1-8-12(11-9-10-18(7)13(11)17-6)16-19-14(2,3)15(4,5)20-16/h8-10H,6H2,1-5,7H3/b12-8+. The summed E-state index contributed by atoms with van der Waals surface area (Å²) < 4.78 is 14.2. The van der Waals surface area contributed by atoms with Gasteiger partial charge in [-0.2, -0.15) is 0 Å². The minimum atomic E-state index is -0.382. The molecule has 5 heteroatoms. The number of hydrogen-bond acceptors (Lipinski definition) is 3. The molecule has 20 heavy (non-hydrogen) atoms. The molecule has 1 fully saturated rings. The summed E-state index contributed by atoms with van der Waals surface area (Å²) in [6.07, 6.45) is 3.99. The molecule has 0 unspecified atom stereocenters. The van der Waals surface area contributed by atoms with E-state index in [2.05, 4.69) is 39.4 Å². The summed E-state index contributed by atoms with van der Waals surface area (Å²) in [6, 6.07) is 2.02. The molecule has 0 atom stereocenters. The number of aryl methyl sites for hydroxylation is 1. The molecule has 1 aromatic heterocycles. The van der Waals surface area contributed by atoms with E-state index in [0.29, 0.717) is 0 Å². The Bertz CT molecular complexity index is 542. The van der Waals surface area contributed by atoms with Crippen LogP contribution in [0.5, 0.6) is 0 Å². The number of aliphatic imine (C=N–C) groups is 1. The Balaban J connectivity index is 2.39. The first-order valence-corrected chi connectivity index (χ1v) is 6.88. The monoisotopic (exact) mass is 274 g/mol. The quantitative estimate of drug-likeness (QED) is 0.625. The second kappa shape index (κ2) is 4.90. The molecule has 2 rings (SSSR count). The van der Waals surface area contributed by atoms with Crippen molar-refractivity contribution in [3.8, 4) is 0 Å². The van der Waals surface area contributed by atoms with E-state index in [0.717, 1.165) is 16.9 Å². The molecule has 4 nitrogen and oxygen atoms in total. The van der Waals surface area contributed by atoms with Gasteiger partial charge in [-0.25, -0.2) is 4.99 Å². The van der Waals surface area contributed by atoms with Crippen molar-refractivity contribution in [1.82, 2.24) is 4.57 Å². The molecule has 1 aliphatic heterocycles. The zero-order chi connectivity index (χ0) is 15.1. The number of hydrogen-bond donors (Lipinski definition) is 0. The Morgan fingerprint density at radius 2 is 1.85 bits per heavy atom. The van der Waals surface area contributed by atoms with Gasteiger partial charge in [-0.05, 0) is 52.9 Å². The highest BCUT2D eigenvalue weighted by molar-refractivity contribution is 6.69. The molecular weight excluding hydrogens is 251 g/mol. The minimum absolute atomic E-state index is 0.345. The van der Waals surface area contributed by atoms with Gasteiger partial charge in [0.25, 0.3) is 0 Å². The summed E-state index contributed by atoms with van der Waals surface area (Å²) in [4.78, 5) is 4.10. The van der Waals surface area contributed by atoms with E-state index < -0.39 is 0 Å². The van der Waals surface area contributed by atoms with Gasteiger partial charge < -0.3 is 13.9 Å². The van der Waals surface area contributed by atoms with Crippen LogP contribution in [0, 0.1) is 0 Å². The zero-order valence-electron chi connectivity index (χ0n) is 13.2. The third-order valence-electron chi connectivity index (χ3n) is 4.32. The van der Waals surface area contributed by atoms with E-state index in [4.69, 9.17) is 9.31 Å². The van der Waals surface area contributed by atoms with Gasteiger partial charge in [0.2, 0.25) is 0 Å². The van der Waals surface area contributed by atoms with Crippen LogP contribution in [0.4, 0.5) is 5.82 Å². The predicted molar refractivity (Wildman–Crippen MR) is 84.4 cm³/mol. The Morgan fingerprint density at radius 3 is 2.30 bits per heavy atom. The molecule has 1 aliphatic rings. The van der Waals surface area contributed by atoms with Gasteiger partial charge >= 0.3 is 7.12 Å². The van der Waals surface area contributed by atoms with Crippen LogP contribution in [0.15, 0.2) is 23.3 Å². The van der Waals surface area contributed by atoms with Crippen LogP contribution < -0.4 is 0 Å². The largest absolute Gasteiger partial charge is 0.495 e. The number of aromatic nitrogens is 1. The topological polar surface area (TPSA) is 35.8 Å². The summed E-state index contributed by atoms with van der Waals surface area (Å²) in [6.45, 7) is 13.8. The van der Waals surface area contributed by atoms with Gasteiger partial charge in [-0.15, -0.1) is 0 Å². The van der Waals surface area contributed by atoms with E-state index in [1.54, 1.807) is 0 Å². The number of rotatable bonds is 3. The average molecular weight is 274 g/mol. The molecule has 0 bridgehead atoms. The predicted octanol–water partition coefficient (Wildman–Crippen LogP) is 3.39. The van der Waals surface area contributed by atoms with Crippen molar-refractivity contribution in [2.45, 2.75) is 45.8 Å². The van der Waals surface area contributed by atoms with E-state index >= 15 is 0 Å². The van der Waals surface area contributed by atoms with E-state index in [9.17, 15) is 0 Å². The van der Waals surface area contributed by atoms with Gasteiger partial charge in [0.15, 0.2) is 0 Å². The van der Waals surface area contributed by atoms with Crippen LogP contribution in [0.2, 0.25) is 0 Å². The molecule has 0 spiro atoms. The molecule has 0 aromatic carbocycles. The first-order valence-electron chi connectivity index (χ1n) is 6.88. The van der Waals surface area contributed by atoms with Crippen LogP contribution in [-0.4, -0.2) is 29.6 Å². The lowest BCUT2D eigenvalue weighted by Gasteiger charge is -2.32. The Morgan fingerprint density at radius 1 is 1.30 bits per heavy atom. The molecule has 0 radical (unpaired) electrons. The second-order valence-corrected chi connectivity index (χ2v) is 6.15. The number of allylic oxidation sites excluding steroid dienone is 1. The highest BCUT2D eigenvalue weighted by Crippen LogP contribution is 2.41. The highest BCUT2D eigenvalue weighted by atomic mass is 16.7. The lowest BCUT2D eigenvalue weighted by atomic mass is 9.74. The molecule has 0 amide bonds. The van der Waals surface area contributed by atoms with Gasteiger partial charge in [-0.3, -0.25) is 0 Å². The third kappa shape index (κ3) is 2.25. The third-order valence-corrected chi connectivity index (χ3v) is 4.32. The van der Waals surface area contributed by atoms with Crippen LogP contribution in [-0.2, 0) is 16.4 Å². The Kier molecular flexibility index (Phi) is 3.69. The molecule has 1 aromatic rings. The first kappa shape index (κ1) is 15.1. The van der Waals surface area contributed by atoms with Crippen molar-refractivity contribution in [2.24, 2.45) is 12.0 Å². The normalized spacial score (nSPS) is 21.3. The van der Waals surface area contributed by atoms with Crippen LogP contribution in [0.1, 0.15) is 40.2 Å². The van der Waals surface area contributed by atoms with Crippen LogP contribution >= 0.6 is 0 Å². The van der Waals surface area contributed by atoms with Crippen molar-refractivity contribution in [1.29, 1.82) is 0 Å². The summed E-state index contributed by atoms with van der Waals surface area (Å²) in [5.41, 5.74) is 1.31. The molecular formula is C15H23BN2O2. The van der Waals surface area contributed by atoms with Gasteiger partial charge in [0.1, 0.15) is 5.82 Å². The van der Waals surface area contributed by atoms with Gasteiger partial charge in [0, 0.05) is 18.8 Å². The fourth-order valence-corrected chi connectivity index (χ4v) is 2.33. The van der Waals surface area contributed by atoms with Crippen LogP contribution in [0.25, 0.3) is 5.47 Å². The van der Waals surface area contributed by atoms with Crippen LogP contribution in [0.3, 0.4) is 0 Å². The Hall–Kier alpha value is -1.33. The summed E-state index contributed by atoms with van der Waals surface area (Å²) >= 11 is 0. The SMILES string of the molecule is C=Nc1c(/C(=C\C)B2OC(C)(C)C(C)(C)O2)ccn1C. The van der Waals surface area contributed by atoms with Crippen molar-refractivity contribution in [2.75, 3.05) is 0 Å². The van der Waals surface area contributed by atoms with Crippen molar-refractivity contribution < 1.29 is 9.31 Å². The highest BCUT2D eigenvalue weighted by Gasteiger charge is 2.52. The van der Waals surface area contributed by atoms with Gasteiger partial charge in [-0.1, -0.05) is 6.08 Å². The lowest BCUT2D eigenvalue weighted by Crippen LogP contribution is -2.41. The fraction of sp³-hybridized carbons (Fsp3) is 0.533. The molecule has 0 saturated carbocycles. The zero-order valence-corrected chi connectivity index (χ0v) is 13.2. The van der Waals surface area contributed by atoms with E-state index in [1.807, 2.05) is 36.9 Å². The molecule has 1 saturated heterocycles. The molecule has 2 heterocycles. The molecule has 0 N–H and O–H groups in total. The fourth-order valence-electron chi connectivity index (χ4n) is 2.33. The maximum Gasteiger partial charge on any atom is 0.495 e. The van der Waals surface area contributed by atoms with E-state index in [1.165, 1.54) is 0 Å². The number of nitrogens with zero attached hydrogens (tertiary/aromatic N) is 2. The second-order valence-electron chi connectivity index (χ2n) is 6.15. The Labute approximate surface area is 121 Å². The molecule has 0 aliphatic carbocycles.